The fourth-order valence-corrected chi connectivity index (χ4v) is 4.25. The lowest BCUT2D eigenvalue weighted by atomic mass is 10.1. The molecule has 0 spiro atoms. The van der Waals surface area contributed by atoms with E-state index in [1.807, 2.05) is 0 Å². The Balaban J connectivity index is 1.77. The molecule has 1 saturated heterocycles. The summed E-state index contributed by atoms with van der Waals surface area (Å²) < 4.78 is 34.1. The number of carbonyl (C=O) groups is 2. The minimum atomic E-state index is -2.61. The molecule has 1 fully saturated rings. The predicted molar refractivity (Wildman–Crippen MR) is 130 cm³/mol. The molecule has 1 aliphatic rings. The number of hydrogen-bond donors (Lipinski definition) is 0. The van der Waals surface area contributed by atoms with Crippen molar-refractivity contribution in [3.63, 3.8) is 0 Å². The van der Waals surface area contributed by atoms with Gasteiger partial charge < -0.3 is 14.2 Å². The van der Waals surface area contributed by atoms with Crippen LogP contribution >= 0.6 is 22.6 Å². The lowest BCUT2D eigenvalue weighted by molar-refractivity contribution is -0.170. The molecular weight excluding hydrogens is 574 g/mol. The Morgan fingerprint density at radius 3 is 2.06 bits per heavy atom. The Labute approximate surface area is 212 Å². The lowest BCUT2D eigenvalue weighted by Crippen LogP contribution is -2.46. The van der Waals surface area contributed by atoms with Gasteiger partial charge in [0.15, 0.2) is 12.3 Å². The van der Waals surface area contributed by atoms with Gasteiger partial charge in [0.2, 0.25) is 6.10 Å². The second kappa shape index (κ2) is 10.1. The molecule has 0 amide bonds. The Bertz CT molecular complexity index is 1350. The van der Waals surface area contributed by atoms with Gasteiger partial charge in [0.25, 0.3) is 11.4 Å². The van der Waals surface area contributed by atoms with E-state index in [0.29, 0.717) is 0 Å². The third kappa shape index (κ3) is 4.91. The third-order valence-corrected chi connectivity index (χ3v) is 6.53. The first-order valence-electron chi connectivity index (χ1n) is 10.5. The first kappa shape index (κ1) is 24.8. The molecule has 1 aliphatic heterocycles. The third-order valence-electron chi connectivity index (χ3n) is 5.49. The van der Waals surface area contributed by atoms with Crippen LogP contribution in [0.15, 0.2) is 82.5 Å². The smallest absolute Gasteiger partial charge is 0.338 e. The predicted octanol–water partition coefficient (Wildman–Crippen LogP) is 2.63. The molecule has 4 rings (SSSR count). The molecule has 0 radical (unpaired) electrons. The van der Waals surface area contributed by atoms with E-state index in [-0.39, 0.29) is 15.6 Å². The normalized spacial score (nSPS) is 23.6. The van der Waals surface area contributed by atoms with Crippen molar-refractivity contribution in [3.05, 3.63) is 105 Å². The molecule has 35 heavy (non-hydrogen) atoms. The highest BCUT2D eigenvalue weighted by molar-refractivity contribution is 14.1. The highest BCUT2D eigenvalue weighted by Crippen LogP contribution is 2.43. The zero-order chi connectivity index (χ0) is 25.2. The zero-order valence-electron chi connectivity index (χ0n) is 18.4. The first-order valence-corrected chi connectivity index (χ1v) is 12.0. The molecule has 0 unspecified atom stereocenters. The maximum atomic E-state index is 16.1. The van der Waals surface area contributed by atoms with Gasteiger partial charge in [-0.05, 0) is 24.3 Å². The lowest BCUT2D eigenvalue weighted by Gasteiger charge is -2.26. The Morgan fingerprint density at radius 2 is 1.51 bits per heavy atom. The monoisotopic (exact) mass is 594 g/mol. The van der Waals surface area contributed by atoms with Gasteiger partial charge in [-0.25, -0.2) is 18.8 Å². The van der Waals surface area contributed by atoms with Crippen LogP contribution in [0, 0.1) is 0 Å². The molecule has 0 N–H and O–H groups in total. The van der Waals surface area contributed by atoms with Gasteiger partial charge >= 0.3 is 17.6 Å². The van der Waals surface area contributed by atoms with Crippen molar-refractivity contribution in [1.82, 2.24) is 9.13 Å². The second-order valence-corrected chi connectivity index (χ2v) is 8.52. The summed E-state index contributed by atoms with van der Waals surface area (Å²) in [5.74, 6) is -4.30. The zero-order valence-corrected chi connectivity index (χ0v) is 20.5. The summed E-state index contributed by atoms with van der Waals surface area (Å²) in [5.41, 5.74) is -1.10. The van der Waals surface area contributed by atoms with Crippen LogP contribution in [-0.4, -0.2) is 43.6 Å². The molecule has 3 aromatic rings. The number of alkyl halides is 2. The number of halogens is 2. The van der Waals surface area contributed by atoms with Crippen LogP contribution in [0.25, 0.3) is 0 Å². The minimum Gasteiger partial charge on any atom is -0.450 e. The average molecular weight is 594 g/mol. The van der Waals surface area contributed by atoms with Gasteiger partial charge in [0.1, 0.15) is 0 Å². The summed E-state index contributed by atoms with van der Waals surface area (Å²) in [6.07, 6.45) is -3.66. The van der Waals surface area contributed by atoms with E-state index < -0.39 is 47.5 Å². The van der Waals surface area contributed by atoms with Crippen molar-refractivity contribution < 1.29 is 28.2 Å². The molecule has 2 aromatic carbocycles. The van der Waals surface area contributed by atoms with Gasteiger partial charge in [-0.2, -0.15) is 0 Å². The molecule has 0 aliphatic carbocycles. The summed E-state index contributed by atoms with van der Waals surface area (Å²) in [6, 6.07) is 16.9. The Morgan fingerprint density at radius 1 is 0.971 bits per heavy atom. The second-order valence-electron chi connectivity index (χ2n) is 7.76. The van der Waals surface area contributed by atoms with E-state index in [1.54, 1.807) is 59.0 Å². The van der Waals surface area contributed by atoms with Crippen LogP contribution in [0.2, 0.25) is 0 Å². The average Bonchev–Trinajstić information content (AvgIpc) is 3.15. The number of esters is 2. The van der Waals surface area contributed by atoms with Crippen LogP contribution in [0.3, 0.4) is 0 Å². The minimum absolute atomic E-state index is 0.152. The van der Waals surface area contributed by atoms with E-state index >= 15 is 4.39 Å². The molecule has 0 bridgehead atoms. The summed E-state index contributed by atoms with van der Waals surface area (Å²) in [7, 11) is 1.25. The number of hydrogen-bond acceptors (Lipinski definition) is 7. The largest absolute Gasteiger partial charge is 0.450 e. The van der Waals surface area contributed by atoms with Crippen molar-refractivity contribution in [2.45, 2.75) is 24.3 Å². The fourth-order valence-electron chi connectivity index (χ4n) is 3.63. The number of carbonyl (C=O) groups excluding carboxylic acids is 2. The Kier molecular flexibility index (Phi) is 7.17. The number of nitrogens with zero attached hydrogens (tertiary/aromatic N) is 2. The van der Waals surface area contributed by atoms with Crippen LogP contribution in [-0.2, 0) is 21.3 Å². The van der Waals surface area contributed by atoms with E-state index in [1.165, 1.54) is 31.3 Å². The van der Waals surface area contributed by atoms with Gasteiger partial charge in [-0.1, -0.05) is 59.0 Å². The summed E-state index contributed by atoms with van der Waals surface area (Å²) in [4.78, 5) is 50.4. The molecule has 4 atom stereocenters. The molecule has 9 nitrogen and oxygen atoms in total. The van der Waals surface area contributed by atoms with Crippen molar-refractivity contribution in [3.8, 4) is 0 Å². The molecule has 2 heterocycles. The number of benzene rings is 2. The summed E-state index contributed by atoms with van der Waals surface area (Å²) >= 11 is 1.71. The van der Waals surface area contributed by atoms with E-state index in [4.69, 9.17) is 14.2 Å². The SMILES string of the molecule is Cn1c(=O)ccn([C@@H]2O[C@](F)(CI)[C@@H](OC(=O)c3ccccc3)[C@H]2OC(=O)c2ccccc2)c1=O. The molecule has 182 valence electrons. The highest BCUT2D eigenvalue weighted by atomic mass is 127. The fraction of sp³-hybridized carbons (Fsp3) is 0.250. The van der Waals surface area contributed by atoms with E-state index in [0.717, 1.165) is 21.4 Å². The number of aromatic nitrogens is 2. The van der Waals surface area contributed by atoms with E-state index in [2.05, 4.69) is 0 Å². The summed E-state index contributed by atoms with van der Waals surface area (Å²) in [5, 5.41) is 0. The van der Waals surface area contributed by atoms with E-state index in [9.17, 15) is 19.2 Å². The number of rotatable bonds is 6. The first-order chi connectivity index (χ1) is 16.7. The van der Waals surface area contributed by atoms with Crippen molar-refractivity contribution in [1.29, 1.82) is 0 Å². The quantitative estimate of drug-likeness (QED) is 0.246. The topological polar surface area (TPSA) is 106 Å². The molecule has 11 heteroatoms. The van der Waals surface area contributed by atoms with Crippen molar-refractivity contribution in [2.24, 2.45) is 7.05 Å². The molecule has 1 aromatic heterocycles. The molecular formula is C24H20FIN2O7. The van der Waals surface area contributed by atoms with Gasteiger partial charge in [-0.15, -0.1) is 0 Å². The van der Waals surface area contributed by atoms with Crippen LogP contribution < -0.4 is 11.2 Å². The van der Waals surface area contributed by atoms with Crippen LogP contribution in [0.5, 0.6) is 0 Å². The summed E-state index contributed by atoms with van der Waals surface area (Å²) in [6.45, 7) is 0. The van der Waals surface area contributed by atoms with Crippen molar-refractivity contribution >= 4 is 34.5 Å². The van der Waals surface area contributed by atoms with Crippen LogP contribution in [0.4, 0.5) is 4.39 Å². The standard InChI is InChI=1S/C24H20FIN2O7/c1-27-17(29)12-13-28(23(27)32)20-18(33-21(30)15-8-4-2-5-9-15)19(24(25,14-26)35-20)34-22(31)16-10-6-3-7-11-16/h2-13,18-20H,14H2,1H3/t18-,19+,20-,24-/m1/s1. The van der Waals surface area contributed by atoms with Crippen molar-refractivity contribution in [2.75, 3.05) is 4.43 Å². The highest BCUT2D eigenvalue weighted by Gasteiger charge is 2.61. The maximum absolute atomic E-state index is 16.1. The van der Waals surface area contributed by atoms with Crippen LogP contribution in [0.1, 0.15) is 26.9 Å². The van der Waals surface area contributed by atoms with Gasteiger partial charge in [-0.3, -0.25) is 13.9 Å². The maximum Gasteiger partial charge on any atom is 0.338 e. The van der Waals surface area contributed by atoms with Gasteiger partial charge in [0, 0.05) is 19.3 Å². The Hall–Kier alpha value is -3.32. The molecule has 0 saturated carbocycles. The van der Waals surface area contributed by atoms with Gasteiger partial charge in [0.05, 0.1) is 15.6 Å². The number of ether oxygens (including phenoxy) is 3.